The smallest absolute Gasteiger partial charge is 0.138 e. The molecule has 0 bridgehead atoms. The average Bonchev–Trinajstić information content (AvgIpc) is 2.27. The summed E-state index contributed by atoms with van der Waals surface area (Å²) in [6.45, 7) is 1.99. The molecule has 2 aromatic heterocycles. The van der Waals surface area contributed by atoms with Crippen molar-refractivity contribution in [2.24, 2.45) is 0 Å². The lowest BCUT2D eigenvalue weighted by Gasteiger charge is -1.89. The van der Waals surface area contributed by atoms with Gasteiger partial charge >= 0.3 is 0 Å². The number of nitrogens with one attached hydrogen (secondary N) is 1. The molecule has 1 N–H and O–H groups in total. The van der Waals surface area contributed by atoms with E-state index in [1.165, 1.54) is 5.39 Å². The highest BCUT2D eigenvalue weighted by Gasteiger charge is 1.97. The number of halogens is 1. The molecule has 0 aliphatic heterocycles. The Bertz CT molecular complexity index is 392. The number of aromatic nitrogens is 2. The van der Waals surface area contributed by atoms with Crippen molar-refractivity contribution in [2.45, 2.75) is 6.92 Å². The van der Waals surface area contributed by atoms with Gasteiger partial charge in [0.2, 0.25) is 0 Å². The van der Waals surface area contributed by atoms with Crippen LogP contribution in [0.1, 0.15) is 5.69 Å². The summed E-state index contributed by atoms with van der Waals surface area (Å²) in [5.41, 5.74) is 2.03. The zero-order valence-electron chi connectivity index (χ0n) is 6.06. The van der Waals surface area contributed by atoms with Gasteiger partial charge in [-0.05, 0) is 47.7 Å². The normalized spacial score (nSPS) is 10.7. The van der Waals surface area contributed by atoms with Gasteiger partial charge in [0.25, 0.3) is 0 Å². The predicted molar refractivity (Wildman–Crippen MR) is 53.5 cm³/mol. The van der Waals surface area contributed by atoms with Gasteiger partial charge in [0.15, 0.2) is 0 Å². The van der Waals surface area contributed by atoms with E-state index < -0.39 is 0 Å². The molecule has 0 aromatic carbocycles. The Morgan fingerprint density at radius 3 is 3.09 bits per heavy atom. The molecule has 2 heterocycles. The third-order valence-electron chi connectivity index (χ3n) is 1.59. The quantitative estimate of drug-likeness (QED) is 0.722. The Labute approximate surface area is 78.2 Å². The van der Waals surface area contributed by atoms with E-state index >= 15 is 0 Å². The number of hydrogen-bond donors (Lipinski definition) is 1. The maximum absolute atomic E-state index is 4.34. The van der Waals surface area contributed by atoms with Gasteiger partial charge in [0.05, 0.1) is 3.70 Å². The molecule has 0 spiro atoms. The number of nitrogens with zero attached hydrogens (tertiary/aromatic N) is 1. The second kappa shape index (κ2) is 2.48. The molecule has 0 atom stereocenters. The molecule has 0 unspecified atom stereocenters. The van der Waals surface area contributed by atoms with E-state index in [4.69, 9.17) is 0 Å². The summed E-state index contributed by atoms with van der Waals surface area (Å²) in [5.74, 6) is 0. The van der Waals surface area contributed by atoms with Crippen molar-refractivity contribution in [3.63, 3.8) is 0 Å². The summed E-state index contributed by atoms with van der Waals surface area (Å²) in [7, 11) is 0. The van der Waals surface area contributed by atoms with Crippen molar-refractivity contribution < 1.29 is 0 Å². The van der Waals surface area contributed by atoms with Gasteiger partial charge in [-0.2, -0.15) is 0 Å². The van der Waals surface area contributed by atoms with Crippen LogP contribution in [0, 0.1) is 10.6 Å². The Balaban J connectivity index is 2.82. The highest BCUT2D eigenvalue weighted by Crippen LogP contribution is 2.14. The number of hydrogen-bond acceptors (Lipinski definition) is 1. The molecule has 0 saturated heterocycles. The SMILES string of the molecule is Cc1ccc2cc(I)[nH]c2n1. The van der Waals surface area contributed by atoms with E-state index in [2.05, 4.69) is 44.7 Å². The molecule has 2 nitrogen and oxygen atoms in total. The molecule has 56 valence electrons. The standard InChI is InChI=1S/C8H7IN2/c1-5-2-3-6-4-7(9)11-8(6)10-5/h2-4H,1H3,(H,10,11). The number of rotatable bonds is 0. The summed E-state index contributed by atoms with van der Waals surface area (Å²) in [6.07, 6.45) is 0. The summed E-state index contributed by atoms with van der Waals surface area (Å²) in [4.78, 5) is 7.51. The van der Waals surface area contributed by atoms with Crippen molar-refractivity contribution in [3.8, 4) is 0 Å². The van der Waals surface area contributed by atoms with Crippen LogP contribution >= 0.6 is 22.6 Å². The van der Waals surface area contributed by atoms with E-state index in [9.17, 15) is 0 Å². The van der Waals surface area contributed by atoms with Crippen LogP contribution in [0.2, 0.25) is 0 Å². The number of H-pyrrole nitrogens is 1. The third-order valence-corrected chi connectivity index (χ3v) is 2.17. The van der Waals surface area contributed by atoms with Crippen LogP contribution in [0.3, 0.4) is 0 Å². The second-order valence-electron chi connectivity index (χ2n) is 2.51. The van der Waals surface area contributed by atoms with Crippen LogP contribution in [0.15, 0.2) is 18.2 Å². The van der Waals surface area contributed by atoms with E-state index in [0.717, 1.165) is 15.0 Å². The zero-order chi connectivity index (χ0) is 7.84. The van der Waals surface area contributed by atoms with E-state index in [0.29, 0.717) is 0 Å². The number of pyridine rings is 1. The van der Waals surface area contributed by atoms with Gasteiger partial charge in [-0.15, -0.1) is 0 Å². The van der Waals surface area contributed by atoms with Gasteiger partial charge in [0, 0.05) is 11.1 Å². The Morgan fingerprint density at radius 2 is 2.27 bits per heavy atom. The van der Waals surface area contributed by atoms with Crippen molar-refractivity contribution in [1.82, 2.24) is 9.97 Å². The fourth-order valence-corrected chi connectivity index (χ4v) is 1.66. The van der Waals surface area contributed by atoms with Gasteiger partial charge in [-0.25, -0.2) is 4.98 Å². The molecule has 3 heteroatoms. The van der Waals surface area contributed by atoms with Crippen molar-refractivity contribution >= 4 is 33.6 Å². The molecule has 2 aromatic rings. The Hall–Kier alpha value is -0.580. The van der Waals surface area contributed by atoms with Crippen LogP contribution in [-0.2, 0) is 0 Å². The van der Waals surface area contributed by atoms with Gasteiger partial charge in [-0.1, -0.05) is 0 Å². The summed E-state index contributed by atoms with van der Waals surface area (Å²) < 4.78 is 1.13. The number of fused-ring (bicyclic) bond motifs is 1. The minimum atomic E-state index is 0.981. The Kier molecular flexibility index (Phi) is 1.60. The lowest BCUT2D eigenvalue weighted by Crippen LogP contribution is -1.79. The summed E-state index contributed by atoms with van der Waals surface area (Å²) in [6, 6.07) is 6.19. The zero-order valence-corrected chi connectivity index (χ0v) is 8.21. The largest absolute Gasteiger partial charge is 0.335 e. The van der Waals surface area contributed by atoms with Crippen LogP contribution in [0.4, 0.5) is 0 Å². The number of aryl methyl sites for hydroxylation is 1. The Morgan fingerprint density at radius 1 is 1.45 bits per heavy atom. The molecular weight excluding hydrogens is 251 g/mol. The maximum atomic E-state index is 4.34. The van der Waals surface area contributed by atoms with Gasteiger partial charge in [-0.3, -0.25) is 0 Å². The molecule has 0 aliphatic rings. The lowest BCUT2D eigenvalue weighted by molar-refractivity contribution is 1.21. The topological polar surface area (TPSA) is 28.7 Å². The molecular formula is C8H7IN2. The molecule has 2 rings (SSSR count). The second-order valence-corrected chi connectivity index (χ2v) is 3.67. The first-order chi connectivity index (χ1) is 5.25. The fraction of sp³-hybridized carbons (Fsp3) is 0.125. The minimum absolute atomic E-state index is 0.981. The molecule has 0 fully saturated rings. The maximum Gasteiger partial charge on any atom is 0.138 e. The van der Waals surface area contributed by atoms with Gasteiger partial charge in [0.1, 0.15) is 5.65 Å². The molecule has 0 radical (unpaired) electrons. The third kappa shape index (κ3) is 1.24. The molecule has 0 aliphatic carbocycles. The van der Waals surface area contributed by atoms with Crippen molar-refractivity contribution in [1.29, 1.82) is 0 Å². The monoisotopic (exact) mass is 258 g/mol. The van der Waals surface area contributed by atoms with Crippen LogP contribution in [0.25, 0.3) is 11.0 Å². The summed E-state index contributed by atoms with van der Waals surface area (Å²) in [5, 5.41) is 1.18. The van der Waals surface area contributed by atoms with Crippen LogP contribution in [0.5, 0.6) is 0 Å². The molecule has 0 amide bonds. The molecule has 0 saturated carbocycles. The lowest BCUT2D eigenvalue weighted by atomic mass is 10.3. The summed E-state index contributed by atoms with van der Waals surface area (Å²) >= 11 is 2.25. The van der Waals surface area contributed by atoms with Crippen molar-refractivity contribution in [3.05, 3.63) is 27.6 Å². The number of aromatic amines is 1. The average molecular weight is 258 g/mol. The van der Waals surface area contributed by atoms with E-state index in [-0.39, 0.29) is 0 Å². The first-order valence-corrected chi connectivity index (χ1v) is 4.45. The first kappa shape index (κ1) is 7.09. The highest BCUT2D eigenvalue weighted by atomic mass is 127. The predicted octanol–water partition coefficient (Wildman–Crippen LogP) is 2.48. The van der Waals surface area contributed by atoms with E-state index in [1.807, 2.05) is 13.0 Å². The molecule has 11 heavy (non-hydrogen) atoms. The van der Waals surface area contributed by atoms with Crippen LogP contribution in [-0.4, -0.2) is 9.97 Å². The minimum Gasteiger partial charge on any atom is -0.335 e. The highest BCUT2D eigenvalue weighted by molar-refractivity contribution is 14.1. The fourth-order valence-electron chi connectivity index (χ4n) is 1.07. The van der Waals surface area contributed by atoms with Gasteiger partial charge < -0.3 is 4.98 Å². The first-order valence-electron chi connectivity index (χ1n) is 3.37. The van der Waals surface area contributed by atoms with E-state index in [1.54, 1.807) is 0 Å². The van der Waals surface area contributed by atoms with Crippen LogP contribution < -0.4 is 0 Å². The van der Waals surface area contributed by atoms with Crippen molar-refractivity contribution in [2.75, 3.05) is 0 Å².